The third-order valence-corrected chi connectivity index (χ3v) is 3.59. The minimum Gasteiger partial charge on any atom is -0.309 e. The molecule has 0 saturated heterocycles. The Kier molecular flexibility index (Phi) is 4.58. The van der Waals surface area contributed by atoms with Crippen LogP contribution >= 0.6 is 0 Å². The van der Waals surface area contributed by atoms with Gasteiger partial charge in [0.25, 0.3) is 0 Å². The average Bonchev–Trinajstić information content (AvgIpc) is 2.62. The summed E-state index contributed by atoms with van der Waals surface area (Å²) in [6, 6.07) is 13.3. The first-order valence-electron chi connectivity index (χ1n) is 6.57. The van der Waals surface area contributed by atoms with Crippen LogP contribution in [-0.2, 0) is 6.54 Å². The molecular weight excluding hydrogens is 208 g/mol. The molecule has 17 heavy (non-hydrogen) atoms. The van der Waals surface area contributed by atoms with E-state index in [0.29, 0.717) is 6.04 Å². The SMILES string of the molecule is N#CC1CCCCCC1NCc1ccccc1. The van der Waals surface area contributed by atoms with E-state index in [4.69, 9.17) is 0 Å². The van der Waals surface area contributed by atoms with Crippen LogP contribution in [0.4, 0.5) is 0 Å². The van der Waals surface area contributed by atoms with Crippen LogP contribution in [0.1, 0.15) is 37.7 Å². The van der Waals surface area contributed by atoms with Gasteiger partial charge in [0.1, 0.15) is 0 Å². The van der Waals surface area contributed by atoms with Gasteiger partial charge < -0.3 is 5.32 Å². The zero-order chi connectivity index (χ0) is 11.9. The molecule has 0 spiro atoms. The Morgan fingerprint density at radius 2 is 1.88 bits per heavy atom. The van der Waals surface area contributed by atoms with E-state index >= 15 is 0 Å². The van der Waals surface area contributed by atoms with Crippen LogP contribution in [0, 0.1) is 17.2 Å². The van der Waals surface area contributed by atoms with Crippen molar-refractivity contribution in [1.82, 2.24) is 5.32 Å². The number of nitriles is 1. The van der Waals surface area contributed by atoms with Gasteiger partial charge in [-0.1, -0.05) is 49.6 Å². The van der Waals surface area contributed by atoms with E-state index in [1.165, 1.54) is 24.8 Å². The second kappa shape index (κ2) is 6.42. The van der Waals surface area contributed by atoms with Crippen molar-refractivity contribution in [3.8, 4) is 6.07 Å². The highest BCUT2D eigenvalue weighted by molar-refractivity contribution is 5.14. The van der Waals surface area contributed by atoms with E-state index in [9.17, 15) is 5.26 Å². The standard InChI is InChI=1S/C15H20N2/c16-11-14-9-5-2-6-10-15(14)17-12-13-7-3-1-4-8-13/h1,3-4,7-8,14-15,17H,2,5-6,9-10,12H2. The van der Waals surface area contributed by atoms with Gasteiger partial charge in [-0.2, -0.15) is 5.26 Å². The van der Waals surface area contributed by atoms with Gasteiger partial charge in [0.05, 0.1) is 12.0 Å². The fourth-order valence-electron chi connectivity index (χ4n) is 2.55. The minimum absolute atomic E-state index is 0.196. The molecule has 2 rings (SSSR count). The predicted octanol–water partition coefficient (Wildman–Crippen LogP) is 3.25. The lowest BCUT2D eigenvalue weighted by atomic mass is 9.96. The smallest absolute Gasteiger partial charge is 0.0672 e. The second-order valence-corrected chi connectivity index (χ2v) is 4.85. The molecule has 1 saturated carbocycles. The maximum absolute atomic E-state index is 9.19. The number of rotatable bonds is 3. The molecule has 0 aliphatic heterocycles. The Bertz CT molecular complexity index is 366. The van der Waals surface area contributed by atoms with Crippen molar-refractivity contribution >= 4 is 0 Å². The Morgan fingerprint density at radius 3 is 2.65 bits per heavy atom. The molecule has 0 bridgehead atoms. The van der Waals surface area contributed by atoms with E-state index in [0.717, 1.165) is 19.4 Å². The summed E-state index contributed by atoms with van der Waals surface area (Å²) in [7, 11) is 0. The molecule has 0 radical (unpaired) electrons. The van der Waals surface area contributed by atoms with Crippen LogP contribution in [0.15, 0.2) is 30.3 Å². The van der Waals surface area contributed by atoms with Crippen LogP contribution in [-0.4, -0.2) is 6.04 Å². The van der Waals surface area contributed by atoms with Crippen molar-refractivity contribution in [2.75, 3.05) is 0 Å². The Hall–Kier alpha value is -1.33. The van der Waals surface area contributed by atoms with Gasteiger partial charge >= 0.3 is 0 Å². The first-order chi connectivity index (χ1) is 8.40. The molecule has 1 aliphatic carbocycles. The minimum atomic E-state index is 0.196. The van der Waals surface area contributed by atoms with Crippen LogP contribution in [0.25, 0.3) is 0 Å². The average molecular weight is 228 g/mol. The Morgan fingerprint density at radius 1 is 1.12 bits per heavy atom. The second-order valence-electron chi connectivity index (χ2n) is 4.85. The van der Waals surface area contributed by atoms with Crippen molar-refractivity contribution in [3.63, 3.8) is 0 Å². The summed E-state index contributed by atoms with van der Waals surface area (Å²) in [4.78, 5) is 0. The van der Waals surface area contributed by atoms with E-state index in [2.05, 4.69) is 35.7 Å². The molecule has 90 valence electrons. The van der Waals surface area contributed by atoms with Crippen molar-refractivity contribution < 1.29 is 0 Å². The first kappa shape index (κ1) is 12.1. The van der Waals surface area contributed by atoms with Gasteiger partial charge in [0.15, 0.2) is 0 Å². The molecule has 1 aliphatic rings. The van der Waals surface area contributed by atoms with Crippen molar-refractivity contribution in [1.29, 1.82) is 5.26 Å². The molecule has 1 aromatic carbocycles. The molecule has 1 fully saturated rings. The molecule has 2 unspecified atom stereocenters. The highest BCUT2D eigenvalue weighted by Gasteiger charge is 2.22. The van der Waals surface area contributed by atoms with Gasteiger partial charge in [-0.25, -0.2) is 0 Å². The molecule has 0 aromatic heterocycles. The van der Waals surface area contributed by atoms with Crippen LogP contribution in [0.2, 0.25) is 0 Å². The van der Waals surface area contributed by atoms with Crippen molar-refractivity contribution in [2.45, 2.75) is 44.7 Å². The number of nitrogens with zero attached hydrogens (tertiary/aromatic N) is 1. The van der Waals surface area contributed by atoms with Gasteiger partial charge in [0.2, 0.25) is 0 Å². The number of hydrogen-bond acceptors (Lipinski definition) is 2. The van der Waals surface area contributed by atoms with Crippen LogP contribution in [0.3, 0.4) is 0 Å². The van der Waals surface area contributed by atoms with Gasteiger partial charge in [-0.05, 0) is 18.4 Å². The third kappa shape index (κ3) is 3.57. The lowest BCUT2D eigenvalue weighted by Crippen LogP contribution is -2.34. The van der Waals surface area contributed by atoms with Gasteiger partial charge in [-0.15, -0.1) is 0 Å². The number of hydrogen-bond donors (Lipinski definition) is 1. The summed E-state index contributed by atoms with van der Waals surface area (Å²) in [6.07, 6.45) is 5.95. The monoisotopic (exact) mass is 228 g/mol. The van der Waals surface area contributed by atoms with Gasteiger partial charge in [0, 0.05) is 12.6 Å². The molecule has 2 atom stereocenters. The predicted molar refractivity (Wildman–Crippen MR) is 69.3 cm³/mol. The molecule has 2 heteroatoms. The van der Waals surface area contributed by atoms with Crippen molar-refractivity contribution in [3.05, 3.63) is 35.9 Å². The van der Waals surface area contributed by atoms with Crippen LogP contribution < -0.4 is 5.32 Å². The van der Waals surface area contributed by atoms with E-state index in [1.54, 1.807) is 0 Å². The lowest BCUT2D eigenvalue weighted by Gasteiger charge is -2.20. The zero-order valence-corrected chi connectivity index (χ0v) is 10.2. The van der Waals surface area contributed by atoms with E-state index in [-0.39, 0.29) is 5.92 Å². The summed E-state index contributed by atoms with van der Waals surface area (Å²) in [6.45, 7) is 0.879. The Balaban J connectivity index is 1.90. The molecular formula is C15H20N2. The normalized spacial score (nSPS) is 24.9. The first-order valence-corrected chi connectivity index (χ1v) is 6.57. The third-order valence-electron chi connectivity index (χ3n) is 3.59. The number of nitrogens with one attached hydrogen (secondary N) is 1. The number of benzene rings is 1. The van der Waals surface area contributed by atoms with E-state index in [1.807, 2.05) is 6.07 Å². The summed E-state index contributed by atoms with van der Waals surface area (Å²) in [5.41, 5.74) is 1.30. The van der Waals surface area contributed by atoms with Gasteiger partial charge in [-0.3, -0.25) is 0 Å². The van der Waals surface area contributed by atoms with Crippen LogP contribution in [0.5, 0.6) is 0 Å². The molecule has 1 N–H and O–H groups in total. The molecule has 0 heterocycles. The summed E-state index contributed by atoms with van der Waals surface area (Å²) in [5.74, 6) is 0.196. The zero-order valence-electron chi connectivity index (χ0n) is 10.2. The Labute approximate surface area is 104 Å². The van der Waals surface area contributed by atoms with Crippen molar-refractivity contribution in [2.24, 2.45) is 5.92 Å². The van der Waals surface area contributed by atoms with E-state index < -0.39 is 0 Å². The molecule has 0 amide bonds. The molecule has 2 nitrogen and oxygen atoms in total. The summed E-state index contributed by atoms with van der Waals surface area (Å²) >= 11 is 0. The lowest BCUT2D eigenvalue weighted by molar-refractivity contribution is 0.393. The highest BCUT2D eigenvalue weighted by atomic mass is 14.9. The highest BCUT2D eigenvalue weighted by Crippen LogP contribution is 2.23. The maximum Gasteiger partial charge on any atom is 0.0672 e. The topological polar surface area (TPSA) is 35.8 Å². The summed E-state index contributed by atoms with van der Waals surface area (Å²) in [5, 5.41) is 12.8. The largest absolute Gasteiger partial charge is 0.309 e. The maximum atomic E-state index is 9.19. The fourth-order valence-corrected chi connectivity index (χ4v) is 2.55. The quantitative estimate of drug-likeness (QED) is 0.806. The summed E-state index contributed by atoms with van der Waals surface area (Å²) < 4.78 is 0. The fraction of sp³-hybridized carbons (Fsp3) is 0.533. The molecule has 1 aromatic rings.